The number of aromatic nitrogens is 1. The number of anilines is 1. The summed E-state index contributed by atoms with van der Waals surface area (Å²) in [4.78, 5) is 11.4. The third-order valence-electron chi connectivity index (χ3n) is 4.67. The molecule has 3 rings (SSSR count). The second kappa shape index (κ2) is 9.03. The fraction of sp³-hybridized carbons (Fsp3) is 0.238. The molecule has 2 N–H and O–H groups in total. The minimum Gasteiger partial charge on any atom is -0.475 e. The Bertz CT molecular complexity index is 1220. The second-order valence-corrected chi connectivity index (χ2v) is 8.64. The van der Waals surface area contributed by atoms with E-state index in [1.54, 1.807) is 35.1 Å². The molecule has 11 heteroatoms. The van der Waals surface area contributed by atoms with Gasteiger partial charge in [0.25, 0.3) is 0 Å². The van der Waals surface area contributed by atoms with Gasteiger partial charge in [-0.05, 0) is 23.6 Å². The molecule has 1 aromatic heterocycles. The predicted octanol–water partition coefficient (Wildman–Crippen LogP) is 4.84. The minimum absolute atomic E-state index is 0.213. The smallest absolute Gasteiger partial charge is 0.475 e. The predicted molar refractivity (Wildman–Crippen MR) is 111 cm³/mol. The Balaban J connectivity index is 1.90. The summed E-state index contributed by atoms with van der Waals surface area (Å²) in [5, 5.41) is 13.2. The zero-order valence-electron chi connectivity index (χ0n) is 16.8. The molecule has 0 saturated heterocycles. The van der Waals surface area contributed by atoms with Crippen LogP contribution in [0, 0.1) is 0 Å². The Kier molecular flexibility index (Phi) is 6.58. The maximum atomic E-state index is 12.8. The van der Waals surface area contributed by atoms with E-state index in [1.165, 1.54) is 18.2 Å². The number of nitrogens with one attached hydrogen (secondary N) is 1. The van der Waals surface area contributed by atoms with Crippen molar-refractivity contribution in [1.82, 2.24) is 5.16 Å². The molecule has 0 radical (unpaired) electrons. The SMILES string of the molecule is CCCc1noc(C(=O)O)c1Cc1ccc(-c2ccccc2NS(=O)(=O)C(F)(F)F)cc1. The number of para-hydroxylation sites is 1. The van der Waals surface area contributed by atoms with Gasteiger partial charge in [-0.1, -0.05) is 61.0 Å². The number of aryl methyl sites for hydroxylation is 1. The molecule has 1 heterocycles. The van der Waals surface area contributed by atoms with E-state index < -0.39 is 21.5 Å². The Morgan fingerprint density at radius 1 is 1.12 bits per heavy atom. The largest absolute Gasteiger partial charge is 0.516 e. The highest BCUT2D eigenvalue weighted by Gasteiger charge is 2.46. The van der Waals surface area contributed by atoms with Crippen LogP contribution in [0.25, 0.3) is 11.1 Å². The van der Waals surface area contributed by atoms with Crippen LogP contribution < -0.4 is 4.72 Å². The summed E-state index contributed by atoms with van der Waals surface area (Å²) in [5.74, 6) is -1.46. The molecule has 0 spiro atoms. The Hall–Kier alpha value is -3.34. The van der Waals surface area contributed by atoms with Crippen LogP contribution in [0.5, 0.6) is 0 Å². The standard InChI is InChI=1S/C21H19F3N2O5S/c1-2-5-17-16(19(20(27)28)31-25-17)12-13-8-10-14(11-9-13)15-6-3-4-7-18(15)26-32(29,30)21(22,23)24/h3-4,6-11,26H,2,5,12H2,1H3,(H,27,28). The van der Waals surface area contributed by atoms with Crippen LogP contribution in [-0.4, -0.2) is 30.2 Å². The first-order valence-electron chi connectivity index (χ1n) is 9.51. The second-order valence-electron chi connectivity index (χ2n) is 6.96. The van der Waals surface area contributed by atoms with Crippen molar-refractivity contribution in [1.29, 1.82) is 0 Å². The normalized spacial score (nSPS) is 12.0. The van der Waals surface area contributed by atoms with Crippen LogP contribution in [0.3, 0.4) is 0 Å². The fourth-order valence-electron chi connectivity index (χ4n) is 3.16. The van der Waals surface area contributed by atoms with Gasteiger partial charge in [0, 0.05) is 17.5 Å². The molecule has 0 aliphatic carbocycles. The number of carboxylic acids is 1. The summed E-state index contributed by atoms with van der Waals surface area (Å²) < 4.78 is 67.8. The lowest BCUT2D eigenvalue weighted by Gasteiger charge is -2.14. The first-order chi connectivity index (χ1) is 15.0. The average Bonchev–Trinajstić information content (AvgIpc) is 3.11. The van der Waals surface area contributed by atoms with Gasteiger partial charge in [-0.15, -0.1) is 0 Å². The molecular weight excluding hydrogens is 449 g/mol. The molecule has 0 saturated carbocycles. The summed E-state index contributed by atoms with van der Waals surface area (Å²) in [7, 11) is -5.57. The zero-order valence-corrected chi connectivity index (χ0v) is 17.6. The third kappa shape index (κ3) is 4.93. The van der Waals surface area contributed by atoms with Gasteiger partial charge in [0.1, 0.15) is 0 Å². The van der Waals surface area contributed by atoms with Gasteiger partial charge in [0.05, 0.1) is 11.4 Å². The molecule has 0 amide bonds. The molecule has 0 aliphatic rings. The molecule has 170 valence electrons. The van der Waals surface area contributed by atoms with E-state index in [2.05, 4.69) is 5.16 Å². The van der Waals surface area contributed by atoms with Crippen molar-refractivity contribution in [3.63, 3.8) is 0 Å². The van der Waals surface area contributed by atoms with Crippen molar-refractivity contribution < 1.29 is 36.0 Å². The van der Waals surface area contributed by atoms with E-state index in [0.717, 1.165) is 12.0 Å². The zero-order chi connectivity index (χ0) is 23.5. The van der Waals surface area contributed by atoms with Crippen LogP contribution in [0.1, 0.15) is 40.7 Å². The van der Waals surface area contributed by atoms with Crippen molar-refractivity contribution in [2.24, 2.45) is 0 Å². The van der Waals surface area contributed by atoms with Crippen LogP contribution in [-0.2, 0) is 22.9 Å². The monoisotopic (exact) mass is 468 g/mol. The summed E-state index contributed by atoms with van der Waals surface area (Å²) in [6, 6.07) is 12.3. The van der Waals surface area contributed by atoms with Crippen molar-refractivity contribution in [3.8, 4) is 11.1 Å². The molecule has 0 unspecified atom stereocenters. The van der Waals surface area contributed by atoms with E-state index >= 15 is 0 Å². The minimum atomic E-state index is -5.57. The number of hydrogen-bond acceptors (Lipinski definition) is 5. The number of carboxylic acid groups (broad SMARTS) is 1. The average molecular weight is 468 g/mol. The maximum absolute atomic E-state index is 12.8. The number of rotatable bonds is 8. The van der Waals surface area contributed by atoms with Gasteiger partial charge in [0.15, 0.2) is 0 Å². The highest BCUT2D eigenvalue weighted by Crippen LogP contribution is 2.32. The number of aromatic carboxylic acids is 1. The molecule has 32 heavy (non-hydrogen) atoms. The van der Waals surface area contributed by atoms with E-state index in [1.807, 2.05) is 6.92 Å². The van der Waals surface area contributed by atoms with Crippen LogP contribution >= 0.6 is 0 Å². The molecule has 0 bridgehead atoms. The van der Waals surface area contributed by atoms with E-state index in [4.69, 9.17) is 4.52 Å². The highest BCUT2D eigenvalue weighted by molar-refractivity contribution is 7.93. The fourth-order valence-corrected chi connectivity index (χ4v) is 3.74. The lowest BCUT2D eigenvalue weighted by atomic mass is 9.98. The summed E-state index contributed by atoms with van der Waals surface area (Å²) >= 11 is 0. The summed E-state index contributed by atoms with van der Waals surface area (Å²) in [5.41, 5.74) is -3.17. The lowest BCUT2D eigenvalue weighted by molar-refractivity contribution is -0.0429. The molecule has 2 aromatic carbocycles. The third-order valence-corrected chi connectivity index (χ3v) is 5.77. The molecule has 0 fully saturated rings. The van der Waals surface area contributed by atoms with Crippen LogP contribution in [0.2, 0.25) is 0 Å². The van der Waals surface area contributed by atoms with E-state index in [9.17, 15) is 31.5 Å². The Morgan fingerprint density at radius 2 is 1.78 bits per heavy atom. The Labute approximate surface area is 181 Å². The lowest BCUT2D eigenvalue weighted by Crippen LogP contribution is -2.30. The molecule has 3 aromatic rings. The van der Waals surface area contributed by atoms with Crippen molar-refractivity contribution in [3.05, 3.63) is 71.1 Å². The van der Waals surface area contributed by atoms with E-state index in [-0.39, 0.29) is 23.4 Å². The van der Waals surface area contributed by atoms with Gasteiger partial charge in [-0.2, -0.15) is 21.6 Å². The summed E-state index contributed by atoms with van der Waals surface area (Å²) in [6.45, 7) is 1.93. The van der Waals surface area contributed by atoms with Gasteiger partial charge < -0.3 is 9.63 Å². The molecule has 7 nitrogen and oxygen atoms in total. The number of sulfonamides is 1. The first-order valence-corrected chi connectivity index (χ1v) is 11.0. The van der Waals surface area contributed by atoms with Gasteiger partial charge in [-0.25, -0.2) is 4.79 Å². The molecule has 0 atom stereocenters. The van der Waals surface area contributed by atoms with Crippen LogP contribution in [0.4, 0.5) is 18.9 Å². The van der Waals surface area contributed by atoms with E-state index in [0.29, 0.717) is 23.2 Å². The van der Waals surface area contributed by atoms with Crippen molar-refractivity contribution in [2.75, 3.05) is 4.72 Å². The number of hydrogen-bond donors (Lipinski definition) is 2. The van der Waals surface area contributed by atoms with Crippen molar-refractivity contribution >= 4 is 21.7 Å². The van der Waals surface area contributed by atoms with Crippen molar-refractivity contribution in [2.45, 2.75) is 31.7 Å². The topological polar surface area (TPSA) is 110 Å². The maximum Gasteiger partial charge on any atom is 0.516 e. The highest BCUT2D eigenvalue weighted by atomic mass is 32.2. The van der Waals surface area contributed by atoms with Gasteiger partial charge >= 0.3 is 21.5 Å². The number of carbonyl (C=O) groups is 1. The number of halogens is 3. The Morgan fingerprint density at radius 3 is 2.38 bits per heavy atom. The van der Waals surface area contributed by atoms with Crippen LogP contribution in [0.15, 0.2) is 53.1 Å². The van der Waals surface area contributed by atoms with Gasteiger partial charge in [-0.3, -0.25) is 4.72 Å². The summed E-state index contributed by atoms with van der Waals surface area (Å²) in [6.07, 6.45) is 1.54. The number of alkyl halides is 3. The van der Waals surface area contributed by atoms with Gasteiger partial charge in [0.2, 0.25) is 5.76 Å². The molecule has 0 aliphatic heterocycles. The number of nitrogens with zero attached hydrogens (tertiary/aromatic N) is 1. The molecular formula is C21H19F3N2O5S. The first kappa shape index (κ1) is 23.3. The number of benzene rings is 2. The quantitative estimate of drug-likeness (QED) is 0.489.